The number of amides is 2. The fraction of sp³-hybridized carbons (Fsp3) is 0.261. The number of nitriles is 1. The van der Waals surface area contributed by atoms with Gasteiger partial charge >= 0.3 is 6.03 Å². The minimum absolute atomic E-state index is 0.0425. The molecule has 0 aliphatic carbocycles. The monoisotopic (exact) mass is 481 g/mol. The van der Waals surface area contributed by atoms with E-state index in [1.54, 1.807) is 7.05 Å². The van der Waals surface area contributed by atoms with Gasteiger partial charge in [0.15, 0.2) is 17.3 Å². The highest BCUT2D eigenvalue weighted by molar-refractivity contribution is 5.79. The molecule has 3 aromatic rings. The molecule has 0 bridgehead atoms. The Morgan fingerprint density at radius 2 is 1.89 bits per heavy atom. The van der Waals surface area contributed by atoms with E-state index in [4.69, 9.17) is 10.00 Å². The van der Waals surface area contributed by atoms with Gasteiger partial charge in [0.25, 0.3) is 0 Å². The molecule has 9 nitrogen and oxygen atoms in total. The molecule has 1 fully saturated rings. The Hall–Kier alpha value is -4.40. The molecule has 5 rings (SSSR count). The van der Waals surface area contributed by atoms with Crippen LogP contribution in [0.15, 0.2) is 41.6 Å². The van der Waals surface area contributed by atoms with E-state index in [0.717, 1.165) is 12.3 Å². The third kappa shape index (κ3) is 4.28. The lowest BCUT2D eigenvalue weighted by molar-refractivity contribution is 0.0256. The lowest BCUT2D eigenvalue weighted by atomic mass is 10.0. The van der Waals surface area contributed by atoms with Crippen molar-refractivity contribution < 1.29 is 22.7 Å². The van der Waals surface area contributed by atoms with Gasteiger partial charge in [0.05, 0.1) is 36.7 Å². The summed E-state index contributed by atoms with van der Waals surface area (Å²) in [4.78, 5) is 18.4. The Bertz CT molecular complexity index is 1360. The number of nitrogens with zero attached hydrogens (tertiary/aromatic N) is 7. The van der Waals surface area contributed by atoms with Gasteiger partial charge in [-0.1, -0.05) is 0 Å². The van der Waals surface area contributed by atoms with E-state index in [1.165, 1.54) is 45.1 Å². The van der Waals surface area contributed by atoms with Crippen LogP contribution in [0, 0.1) is 28.8 Å². The van der Waals surface area contributed by atoms with Crippen molar-refractivity contribution in [1.82, 2.24) is 24.7 Å². The summed E-state index contributed by atoms with van der Waals surface area (Å²) in [6.45, 7) is 0.354. The van der Waals surface area contributed by atoms with Crippen LogP contribution in [-0.4, -0.2) is 56.1 Å². The SMILES string of the molecule is Cn1nc(C#N)cc1-c1cc(OC2CN(C(=O)N3N=CC[C@H]3c3cc(F)cc(F)c3)C2)c(F)cn1. The maximum Gasteiger partial charge on any atom is 0.341 e. The minimum Gasteiger partial charge on any atom is -0.483 e. The van der Waals surface area contributed by atoms with Crippen molar-refractivity contribution in [3.8, 4) is 23.2 Å². The summed E-state index contributed by atoms with van der Waals surface area (Å²) >= 11 is 0. The van der Waals surface area contributed by atoms with Crippen molar-refractivity contribution in [2.24, 2.45) is 12.1 Å². The summed E-state index contributed by atoms with van der Waals surface area (Å²) in [6, 6.07) is 6.94. The number of likely N-dealkylation sites (tertiary alicyclic amines) is 1. The molecule has 0 saturated carbocycles. The summed E-state index contributed by atoms with van der Waals surface area (Å²) in [5.41, 5.74) is 1.40. The molecule has 35 heavy (non-hydrogen) atoms. The van der Waals surface area contributed by atoms with Gasteiger partial charge in [-0.15, -0.1) is 0 Å². The highest BCUT2D eigenvalue weighted by Crippen LogP contribution is 2.32. The van der Waals surface area contributed by atoms with Crippen LogP contribution in [0.3, 0.4) is 0 Å². The standard InChI is InChI=1S/C23H18F3N7O2/c1-31-21(7-16(9-27)30-31)19-8-22(18(26)10-28-19)35-17-11-32(12-17)23(34)33-20(2-3-29-33)13-4-14(24)6-15(25)5-13/h3-8,10,17,20H,2,11-12H2,1H3/t20-/m0/s1. The number of hydrazone groups is 1. The lowest BCUT2D eigenvalue weighted by Crippen LogP contribution is -2.58. The number of hydrogen-bond donors (Lipinski definition) is 0. The van der Waals surface area contributed by atoms with Gasteiger partial charge in [-0.05, 0) is 17.7 Å². The number of rotatable bonds is 4. The average molecular weight is 481 g/mol. The normalized spacial score (nSPS) is 17.4. The maximum absolute atomic E-state index is 14.4. The highest BCUT2D eigenvalue weighted by Gasteiger charge is 2.39. The van der Waals surface area contributed by atoms with Crippen LogP contribution >= 0.6 is 0 Å². The molecule has 0 N–H and O–H groups in total. The number of aryl methyl sites for hydroxylation is 1. The molecule has 178 valence electrons. The van der Waals surface area contributed by atoms with Crippen LogP contribution in [0.5, 0.6) is 5.75 Å². The van der Waals surface area contributed by atoms with Gasteiger partial charge < -0.3 is 9.64 Å². The number of halogens is 3. The van der Waals surface area contributed by atoms with Gasteiger partial charge in [-0.25, -0.2) is 23.0 Å². The fourth-order valence-corrected chi connectivity index (χ4v) is 4.05. The van der Waals surface area contributed by atoms with Crippen molar-refractivity contribution >= 4 is 12.2 Å². The molecule has 1 aromatic carbocycles. The number of pyridine rings is 1. The molecule has 2 amide bonds. The topological polar surface area (TPSA) is 99.6 Å². The van der Waals surface area contributed by atoms with Crippen molar-refractivity contribution in [3.05, 3.63) is 65.2 Å². The van der Waals surface area contributed by atoms with Crippen LogP contribution in [0.25, 0.3) is 11.4 Å². The molecular formula is C23H18F3N7O2. The summed E-state index contributed by atoms with van der Waals surface area (Å²) < 4.78 is 48.9. The highest BCUT2D eigenvalue weighted by atomic mass is 19.1. The number of carbonyl (C=O) groups excluding carboxylic acids is 1. The Balaban J connectivity index is 1.25. The fourth-order valence-electron chi connectivity index (χ4n) is 4.05. The van der Waals surface area contributed by atoms with Gasteiger partial charge in [0.1, 0.15) is 23.8 Å². The molecular weight excluding hydrogens is 463 g/mol. The molecule has 2 aliphatic heterocycles. The molecule has 1 saturated heterocycles. The van der Waals surface area contributed by atoms with E-state index in [2.05, 4.69) is 15.2 Å². The first kappa shape index (κ1) is 22.4. The van der Waals surface area contributed by atoms with E-state index < -0.39 is 35.6 Å². The van der Waals surface area contributed by atoms with E-state index in [9.17, 15) is 18.0 Å². The lowest BCUT2D eigenvalue weighted by Gasteiger charge is -2.41. The molecule has 2 aliphatic rings. The summed E-state index contributed by atoms with van der Waals surface area (Å²) in [7, 11) is 1.64. The van der Waals surface area contributed by atoms with E-state index >= 15 is 0 Å². The largest absolute Gasteiger partial charge is 0.483 e. The minimum atomic E-state index is -0.731. The molecule has 0 radical (unpaired) electrons. The smallest absolute Gasteiger partial charge is 0.341 e. The van der Waals surface area contributed by atoms with Crippen LogP contribution < -0.4 is 4.74 Å². The van der Waals surface area contributed by atoms with E-state index in [0.29, 0.717) is 23.4 Å². The second-order valence-electron chi connectivity index (χ2n) is 8.17. The first-order chi connectivity index (χ1) is 16.8. The molecule has 4 heterocycles. The van der Waals surface area contributed by atoms with Gasteiger partial charge in [-0.2, -0.15) is 15.5 Å². The first-order valence-electron chi connectivity index (χ1n) is 10.7. The summed E-state index contributed by atoms with van der Waals surface area (Å²) in [5.74, 6) is -2.17. The second kappa shape index (κ2) is 8.75. The molecule has 0 unspecified atom stereocenters. The summed E-state index contributed by atoms with van der Waals surface area (Å²) in [6.07, 6.45) is 2.40. The van der Waals surface area contributed by atoms with Gasteiger partial charge in [-0.3, -0.25) is 9.67 Å². The Morgan fingerprint density at radius 3 is 2.57 bits per heavy atom. The van der Waals surface area contributed by atoms with Crippen LogP contribution in [0.4, 0.5) is 18.0 Å². The number of ether oxygens (including phenoxy) is 1. The van der Waals surface area contributed by atoms with Crippen LogP contribution in [0.2, 0.25) is 0 Å². The van der Waals surface area contributed by atoms with Crippen LogP contribution in [-0.2, 0) is 7.05 Å². The zero-order chi connectivity index (χ0) is 24.7. The first-order valence-corrected chi connectivity index (χ1v) is 10.7. The molecule has 0 spiro atoms. The predicted octanol–water partition coefficient (Wildman–Crippen LogP) is 3.39. The molecule has 12 heteroatoms. The summed E-state index contributed by atoms with van der Waals surface area (Å²) in [5, 5.41) is 18.3. The molecule has 2 aromatic heterocycles. The number of benzene rings is 1. The third-order valence-electron chi connectivity index (χ3n) is 5.78. The van der Waals surface area contributed by atoms with Crippen molar-refractivity contribution in [1.29, 1.82) is 5.26 Å². The number of carbonyl (C=O) groups is 1. The van der Waals surface area contributed by atoms with E-state index in [1.807, 2.05) is 6.07 Å². The van der Waals surface area contributed by atoms with Gasteiger partial charge in [0.2, 0.25) is 0 Å². The van der Waals surface area contributed by atoms with Crippen LogP contribution in [0.1, 0.15) is 23.7 Å². The zero-order valence-electron chi connectivity index (χ0n) is 18.4. The Morgan fingerprint density at radius 1 is 1.14 bits per heavy atom. The number of urea groups is 1. The van der Waals surface area contributed by atoms with Crippen molar-refractivity contribution in [3.63, 3.8) is 0 Å². The molecule has 1 atom stereocenters. The average Bonchev–Trinajstić information content (AvgIpc) is 3.43. The predicted molar refractivity (Wildman–Crippen MR) is 117 cm³/mol. The van der Waals surface area contributed by atoms with Gasteiger partial charge in [0, 0.05) is 37.9 Å². The number of aromatic nitrogens is 3. The Kier molecular flexibility index (Phi) is 5.60. The Labute approximate surface area is 197 Å². The van der Waals surface area contributed by atoms with E-state index in [-0.39, 0.29) is 24.5 Å². The van der Waals surface area contributed by atoms with Crippen molar-refractivity contribution in [2.45, 2.75) is 18.6 Å². The second-order valence-corrected chi connectivity index (χ2v) is 8.17. The zero-order valence-corrected chi connectivity index (χ0v) is 18.4. The number of hydrogen-bond acceptors (Lipinski definition) is 6. The van der Waals surface area contributed by atoms with Crippen molar-refractivity contribution in [2.75, 3.05) is 13.1 Å². The quantitative estimate of drug-likeness (QED) is 0.569. The maximum atomic E-state index is 14.4. The third-order valence-corrected chi connectivity index (χ3v) is 5.78.